The molecule has 1 aromatic heterocycles. The average Bonchev–Trinajstić information content (AvgIpc) is 2.77. The van der Waals surface area contributed by atoms with E-state index in [-0.39, 0.29) is 16.8 Å². The van der Waals surface area contributed by atoms with Gasteiger partial charge in [0, 0.05) is 19.3 Å². The second kappa shape index (κ2) is 4.79. The Labute approximate surface area is 112 Å². The van der Waals surface area contributed by atoms with Gasteiger partial charge >= 0.3 is 5.97 Å². The van der Waals surface area contributed by atoms with Crippen LogP contribution < -0.4 is 4.90 Å². The number of pyridine rings is 1. The van der Waals surface area contributed by atoms with Crippen LogP contribution in [0, 0.1) is 17.2 Å². The van der Waals surface area contributed by atoms with Crippen LogP contribution in [0.15, 0.2) is 12.3 Å². The highest BCUT2D eigenvalue weighted by atomic mass is 19.1. The minimum absolute atomic E-state index is 0.159. The highest BCUT2D eigenvalue weighted by molar-refractivity contribution is 5.88. The average molecular weight is 266 g/mol. The number of anilines is 1. The van der Waals surface area contributed by atoms with Crippen molar-refractivity contribution in [2.75, 3.05) is 18.0 Å². The predicted molar refractivity (Wildman–Crippen MR) is 70.9 cm³/mol. The minimum atomic E-state index is -1.26. The molecule has 104 valence electrons. The van der Waals surface area contributed by atoms with Gasteiger partial charge in [0.15, 0.2) is 11.6 Å². The van der Waals surface area contributed by atoms with E-state index in [0.29, 0.717) is 5.92 Å². The maximum Gasteiger partial charge on any atom is 0.338 e. The molecule has 1 fully saturated rings. The van der Waals surface area contributed by atoms with Crippen molar-refractivity contribution in [1.29, 1.82) is 0 Å². The number of carboxylic acid groups (broad SMARTS) is 1. The van der Waals surface area contributed by atoms with Crippen LogP contribution in [0.5, 0.6) is 0 Å². The smallest absolute Gasteiger partial charge is 0.338 e. The Balaban J connectivity index is 2.25. The molecule has 0 radical (unpaired) electrons. The van der Waals surface area contributed by atoms with Crippen molar-refractivity contribution in [3.63, 3.8) is 0 Å². The molecule has 1 aliphatic heterocycles. The van der Waals surface area contributed by atoms with E-state index in [4.69, 9.17) is 5.11 Å². The summed E-state index contributed by atoms with van der Waals surface area (Å²) in [4.78, 5) is 16.8. The molecular formula is C14H19FN2O2. The molecule has 4 nitrogen and oxygen atoms in total. The number of nitrogens with zero attached hydrogens (tertiary/aromatic N) is 2. The van der Waals surface area contributed by atoms with Crippen LogP contribution >= 0.6 is 0 Å². The summed E-state index contributed by atoms with van der Waals surface area (Å²) < 4.78 is 14.1. The number of carbonyl (C=O) groups is 1. The van der Waals surface area contributed by atoms with Crippen molar-refractivity contribution in [1.82, 2.24) is 4.98 Å². The van der Waals surface area contributed by atoms with Crippen LogP contribution in [0.25, 0.3) is 0 Å². The molecule has 2 heterocycles. The lowest BCUT2D eigenvalue weighted by Gasteiger charge is -2.27. The summed E-state index contributed by atoms with van der Waals surface area (Å²) in [6, 6.07) is 1.19. The van der Waals surface area contributed by atoms with Gasteiger partial charge in [-0.3, -0.25) is 0 Å². The molecule has 0 bridgehead atoms. The zero-order chi connectivity index (χ0) is 14.2. The number of halogens is 1. The second-order valence-electron chi connectivity index (χ2n) is 6.10. The fourth-order valence-electron chi connectivity index (χ4n) is 2.48. The topological polar surface area (TPSA) is 53.4 Å². The molecule has 19 heavy (non-hydrogen) atoms. The summed E-state index contributed by atoms with van der Waals surface area (Å²) in [5, 5.41) is 8.93. The number of carboxylic acids is 1. The van der Waals surface area contributed by atoms with E-state index in [2.05, 4.69) is 25.8 Å². The van der Waals surface area contributed by atoms with Gasteiger partial charge < -0.3 is 10.0 Å². The van der Waals surface area contributed by atoms with Crippen LogP contribution in [0.2, 0.25) is 0 Å². The number of hydrogen-bond acceptors (Lipinski definition) is 3. The molecule has 1 aliphatic rings. The van der Waals surface area contributed by atoms with E-state index >= 15 is 0 Å². The van der Waals surface area contributed by atoms with Crippen LogP contribution in [0.1, 0.15) is 37.6 Å². The lowest BCUT2D eigenvalue weighted by molar-refractivity contribution is 0.0691. The van der Waals surface area contributed by atoms with Gasteiger partial charge in [0.25, 0.3) is 0 Å². The van der Waals surface area contributed by atoms with E-state index in [1.807, 2.05) is 4.90 Å². The summed E-state index contributed by atoms with van der Waals surface area (Å²) >= 11 is 0. The van der Waals surface area contributed by atoms with Gasteiger partial charge in [-0.15, -0.1) is 0 Å². The first-order valence-electron chi connectivity index (χ1n) is 6.43. The van der Waals surface area contributed by atoms with Gasteiger partial charge in [0.05, 0.1) is 0 Å². The van der Waals surface area contributed by atoms with Gasteiger partial charge in [0.1, 0.15) is 5.56 Å². The zero-order valence-corrected chi connectivity index (χ0v) is 11.5. The van der Waals surface area contributed by atoms with Gasteiger partial charge in [0.2, 0.25) is 0 Å². The van der Waals surface area contributed by atoms with Crippen LogP contribution in [-0.2, 0) is 0 Å². The van der Waals surface area contributed by atoms with Crippen molar-refractivity contribution in [2.45, 2.75) is 27.2 Å². The third-order valence-electron chi connectivity index (χ3n) is 3.81. The highest BCUT2D eigenvalue weighted by Crippen LogP contribution is 2.35. The van der Waals surface area contributed by atoms with Crippen LogP contribution in [0.3, 0.4) is 0 Å². The molecule has 0 aliphatic carbocycles. The zero-order valence-electron chi connectivity index (χ0n) is 11.5. The number of hydrogen-bond donors (Lipinski definition) is 1. The van der Waals surface area contributed by atoms with E-state index in [1.165, 1.54) is 12.3 Å². The van der Waals surface area contributed by atoms with Gasteiger partial charge in [-0.25, -0.2) is 14.2 Å². The Morgan fingerprint density at radius 2 is 2.21 bits per heavy atom. The fourth-order valence-corrected chi connectivity index (χ4v) is 2.48. The van der Waals surface area contributed by atoms with Crippen LogP contribution in [0.4, 0.5) is 10.2 Å². The molecule has 0 saturated carbocycles. The quantitative estimate of drug-likeness (QED) is 0.894. The molecule has 1 N–H and O–H groups in total. The monoisotopic (exact) mass is 266 g/mol. The maximum absolute atomic E-state index is 14.1. The minimum Gasteiger partial charge on any atom is -0.478 e. The first kappa shape index (κ1) is 13.8. The Kier molecular flexibility index (Phi) is 3.47. The summed E-state index contributed by atoms with van der Waals surface area (Å²) in [7, 11) is 0. The van der Waals surface area contributed by atoms with E-state index < -0.39 is 11.8 Å². The van der Waals surface area contributed by atoms with Gasteiger partial charge in [-0.05, 0) is 23.8 Å². The van der Waals surface area contributed by atoms with Crippen molar-refractivity contribution >= 4 is 11.8 Å². The standard InChI is InChI=1S/C14H19FN2O2/c1-14(2,3)9-5-7-17(8-9)12-11(15)10(13(18)19)4-6-16-12/h4,6,9H,5,7-8H2,1-3H3,(H,18,19). The third kappa shape index (κ3) is 2.69. The lowest BCUT2D eigenvalue weighted by Crippen LogP contribution is -2.27. The molecule has 1 saturated heterocycles. The number of aromatic carboxylic acids is 1. The van der Waals surface area contributed by atoms with Crippen molar-refractivity contribution in [3.8, 4) is 0 Å². The molecule has 2 rings (SSSR count). The van der Waals surface area contributed by atoms with Crippen LogP contribution in [-0.4, -0.2) is 29.1 Å². The normalized spacial score (nSPS) is 19.8. The number of aromatic nitrogens is 1. The Morgan fingerprint density at radius 1 is 1.53 bits per heavy atom. The van der Waals surface area contributed by atoms with Crippen molar-refractivity contribution in [3.05, 3.63) is 23.6 Å². The Bertz CT molecular complexity index is 497. The molecule has 0 amide bonds. The summed E-state index contributed by atoms with van der Waals surface area (Å²) in [5.74, 6) is -1.37. The largest absolute Gasteiger partial charge is 0.478 e. The molecule has 0 aromatic carbocycles. The summed E-state index contributed by atoms with van der Waals surface area (Å²) in [6.45, 7) is 7.93. The molecule has 0 spiro atoms. The van der Waals surface area contributed by atoms with Crippen molar-refractivity contribution in [2.24, 2.45) is 11.3 Å². The first-order valence-corrected chi connectivity index (χ1v) is 6.43. The third-order valence-corrected chi connectivity index (χ3v) is 3.81. The molecule has 1 unspecified atom stereocenters. The number of rotatable bonds is 2. The molecule has 1 aromatic rings. The van der Waals surface area contributed by atoms with Gasteiger partial charge in [-0.1, -0.05) is 20.8 Å². The SMILES string of the molecule is CC(C)(C)C1CCN(c2nccc(C(=O)O)c2F)C1. The molecule has 1 atom stereocenters. The van der Waals surface area contributed by atoms with E-state index in [0.717, 1.165) is 19.5 Å². The maximum atomic E-state index is 14.1. The Hall–Kier alpha value is -1.65. The van der Waals surface area contributed by atoms with Gasteiger partial charge in [-0.2, -0.15) is 0 Å². The lowest BCUT2D eigenvalue weighted by atomic mass is 9.80. The summed E-state index contributed by atoms with van der Waals surface area (Å²) in [5.41, 5.74) is -0.153. The van der Waals surface area contributed by atoms with E-state index in [1.54, 1.807) is 0 Å². The predicted octanol–water partition coefficient (Wildman–Crippen LogP) is 2.79. The fraction of sp³-hybridized carbons (Fsp3) is 0.571. The highest BCUT2D eigenvalue weighted by Gasteiger charge is 2.33. The summed E-state index contributed by atoms with van der Waals surface area (Å²) in [6.07, 6.45) is 2.33. The Morgan fingerprint density at radius 3 is 2.74 bits per heavy atom. The molecular weight excluding hydrogens is 247 g/mol. The van der Waals surface area contributed by atoms with Crippen molar-refractivity contribution < 1.29 is 14.3 Å². The second-order valence-corrected chi connectivity index (χ2v) is 6.10. The molecule has 5 heteroatoms. The van der Waals surface area contributed by atoms with E-state index in [9.17, 15) is 9.18 Å². The first-order chi connectivity index (χ1) is 8.80.